The lowest BCUT2D eigenvalue weighted by Crippen LogP contribution is -2.45. The van der Waals surface area contributed by atoms with Crippen LogP contribution in [-0.2, 0) is 25.6 Å². The van der Waals surface area contributed by atoms with Gasteiger partial charge < -0.3 is 4.55 Å². The maximum Gasteiger partial charge on any atom is 0.153 e. The van der Waals surface area contributed by atoms with Crippen molar-refractivity contribution in [3.05, 3.63) is 0 Å². The molecule has 21 heavy (non-hydrogen) atoms. The fourth-order valence-electron chi connectivity index (χ4n) is 3.04. The van der Waals surface area contributed by atoms with E-state index in [0.29, 0.717) is 18.6 Å². The summed E-state index contributed by atoms with van der Waals surface area (Å²) >= 11 is -0.921. The van der Waals surface area contributed by atoms with Gasteiger partial charge in [-0.2, -0.15) is 0 Å². The lowest BCUT2D eigenvalue weighted by molar-refractivity contribution is -0.146. The Morgan fingerprint density at radius 3 is 2.52 bits per heavy atom. The van der Waals surface area contributed by atoms with Crippen molar-refractivity contribution in [1.82, 2.24) is 0 Å². The first-order chi connectivity index (χ1) is 9.83. The molecule has 4 nitrogen and oxygen atoms in total. The van der Waals surface area contributed by atoms with Crippen LogP contribution in [0.5, 0.6) is 0 Å². The van der Waals surface area contributed by atoms with E-state index < -0.39 is 17.1 Å². The van der Waals surface area contributed by atoms with Gasteiger partial charge in [0.15, 0.2) is 17.3 Å². The molecule has 5 atom stereocenters. The summed E-state index contributed by atoms with van der Waals surface area (Å²) in [6.07, 6.45) is 1.81. The fourth-order valence-corrected chi connectivity index (χ4v) is 4.07. The summed E-state index contributed by atoms with van der Waals surface area (Å²) in [5.41, 5.74) is 0. The van der Waals surface area contributed by atoms with E-state index in [1.807, 2.05) is 20.8 Å². The smallest absolute Gasteiger partial charge is 0.153 e. The van der Waals surface area contributed by atoms with E-state index in [0.717, 1.165) is 0 Å². The second-order valence-corrected chi connectivity index (χ2v) is 8.13. The summed E-state index contributed by atoms with van der Waals surface area (Å²) in [6.45, 7) is 7.43. The summed E-state index contributed by atoms with van der Waals surface area (Å²) < 4.78 is 11.8. The van der Waals surface area contributed by atoms with Crippen LogP contribution in [0.15, 0.2) is 0 Å². The Balaban J connectivity index is 2.77. The molecule has 5 unspecified atom stereocenters. The van der Waals surface area contributed by atoms with Crippen molar-refractivity contribution in [3.8, 4) is 0 Å². The molecule has 120 valence electrons. The normalized spacial score (nSPS) is 29.3. The highest BCUT2D eigenvalue weighted by Crippen LogP contribution is 2.34. The number of ketones is 3. The third-order valence-electron chi connectivity index (χ3n) is 4.41. The van der Waals surface area contributed by atoms with Gasteiger partial charge in [0.05, 0.1) is 0 Å². The van der Waals surface area contributed by atoms with Gasteiger partial charge in [-0.15, -0.1) is 0 Å². The first kappa shape index (κ1) is 18.4. The zero-order valence-corrected chi connectivity index (χ0v) is 14.2. The molecule has 0 aromatic heterocycles. The summed E-state index contributed by atoms with van der Waals surface area (Å²) in [7, 11) is 0. The van der Waals surface area contributed by atoms with Crippen LogP contribution in [0.25, 0.3) is 0 Å². The van der Waals surface area contributed by atoms with Crippen LogP contribution in [0.4, 0.5) is 0 Å². The summed E-state index contributed by atoms with van der Waals surface area (Å²) in [5, 5.41) is -0.0223. The second-order valence-electron chi connectivity index (χ2n) is 5.99. The molecule has 0 N–H and O–H groups in total. The third-order valence-corrected chi connectivity index (χ3v) is 6.07. The lowest BCUT2D eigenvalue weighted by atomic mass is 9.70. The Hall–Kier alpha value is -0.680. The highest BCUT2D eigenvalue weighted by atomic mass is 32.2. The summed E-state index contributed by atoms with van der Waals surface area (Å²) in [6, 6.07) is 0. The topological polar surface area (TPSA) is 74.3 Å². The average Bonchev–Trinajstić information content (AvgIpc) is 2.43. The van der Waals surface area contributed by atoms with E-state index in [1.165, 1.54) is 0 Å². The van der Waals surface area contributed by atoms with Gasteiger partial charge in [0, 0.05) is 18.8 Å². The lowest BCUT2D eigenvalue weighted by Gasteiger charge is -2.33. The molecule has 0 radical (unpaired) electrons. The molecule has 5 heteroatoms. The molecular formula is C16H26O4S. The molecule has 1 saturated carbocycles. The highest BCUT2D eigenvalue weighted by Gasteiger charge is 2.44. The molecule has 0 aromatic carbocycles. The van der Waals surface area contributed by atoms with Gasteiger partial charge in [-0.3, -0.25) is 14.4 Å². The minimum absolute atomic E-state index is 0.0223. The van der Waals surface area contributed by atoms with Crippen LogP contribution in [-0.4, -0.2) is 32.9 Å². The zero-order chi connectivity index (χ0) is 16.2. The van der Waals surface area contributed by atoms with E-state index in [-0.39, 0.29) is 47.3 Å². The number of carbonyl (C=O) groups excluding carboxylic acids is 3. The average molecular weight is 314 g/mol. The molecule has 1 aliphatic rings. The third kappa shape index (κ3) is 4.39. The predicted molar refractivity (Wildman–Crippen MR) is 83.5 cm³/mol. The highest BCUT2D eigenvalue weighted by molar-refractivity contribution is 7.91. The van der Waals surface area contributed by atoms with Gasteiger partial charge in [0.2, 0.25) is 0 Å². The Bertz CT molecular complexity index is 407. The second kappa shape index (κ2) is 8.08. The van der Waals surface area contributed by atoms with Crippen LogP contribution in [0.1, 0.15) is 53.4 Å². The van der Waals surface area contributed by atoms with Crippen molar-refractivity contribution in [2.75, 3.05) is 5.75 Å². The van der Waals surface area contributed by atoms with Gasteiger partial charge in [0.1, 0.15) is 16.9 Å². The molecule has 1 aliphatic carbocycles. The molecule has 0 heterocycles. The minimum Gasteiger partial charge on any atom is -0.616 e. The Kier molecular flexibility index (Phi) is 7.07. The summed E-state index contributed by atoms with van der Waals surface area (Å²) in [4.78, 5) is 36.5. The van der Waals surface area contributed by atoms with Crippen molar-refractivity contribution < 1.29 is 18.9 Å². The molecule has 1 rings (SSSR count). The Morgan fingerprint density at radius 1 is 1.38 bits per heavy atom. The standard InChI is InChI=1S/C16H26O4S/c1-5-7-13(17)15-14(18)9-12(11(4)16(15)19)8-10(3)21(20)6-2/h10-12,15H,5-9H2,1-4H3. The molecule has 0 aromatic rings. The van der Waals surface area contributed by atoms with E-state index >= 15 is 0 Å². The van der Waals surface area contributed by atoms with Crippen LogP contribution in [0.3, 0.4) is 0 Å². The maximum absolute atomic E-state index is 12.4. The number of Topliss-reactive ketones (excluding diaryl/α,β-unsaturated/α-hetero) is 3. The first-order valence-electron chi connectivity index (χ1n) is 7.79. The van der Waals surface area contributed by atoms with Gasteiger partial charge in [-0.25, -0.2) is 0 Å². The number of hydrogen-bond donors (Lipinski definition) is 0. The van der Waals surface area contributed by atoms with Crippen LogP contribution in [0, 0.1) is 17.8 Å². The Labute approximate surface area is 130 Å². The largest absolute Gasteiger partial charge is 0.616 e. The van der Waals surface area contributed by atoms with Crippen molar-refractivity contribution in [2.45, 2.75) is 58.6 Å². The summed E-state index contributed by atoms with van der Waals surface area (Å²) in [5.74, 6) is -1.54. The first-order valence-corrected chi connectivity index (χ1v) is 9.17. The van der Waals surface area contributed by atoms with Gasteiger partial charge in [-0.1, -0.05) is 25.0 Å². The van der Waals surface area contributed by atoms with E-state index in [9.17, 15) is 18.9 Å². The number of rotatable bonds is 7. The molecule has 0 saturated heterocycles. The number of hydrogen-bond acceptors (Lipinski definition) is 4. The van der Waals surface area contributed by atoms with Crippen LogP contribution >= 0.6 is 0 Å². The predicted octanol–water partition coefficient (Wildman–Crippen LogP) is 2.31. The molecule has 0 amide bonds. The van der Waals surface area contributed by atoms with Gasteiger partial charge >= 0.3 is 0 Å². The molecule has 1 fully saturated rings. The van der Waals surface area contributed by atoms with Gasteiger partial charge in [-0.05, 0) is 32.6 Å². The van der Waals surface area contributed by atoms with Crippen molar-refractivity contribution in [3.63, 3.8) is 0 Å². The fraction of sp³-hybridized carbons (Fsp3) is 0.812. The SMILES string of the molecule is CCCC(=O)C1C(=O)CC(CC(C)[S+]([O-])CC)C(C)C1=O. The monoisotopic (exact) mass is 314 g/mol. The van der Waals surface area contributed by atoms with Crippen molar-refractivity contribution in [1.29, 1.82) is 0 Å². The van der Waals surface area contributed by atoms with Crippen molar-refractivity contribution >= 4 is 28.5 Å². The minimum atomic E-state index is -1.04. The zero-order valence-electron chi connectivity index (χ0n) is 13.4. The van der Waals surface area contributed by atoms with Crippen LogP contribution in [0.2, 0.25) is 0 Å². The Morgan fingerprint density at radius 2 is 2.00 bits per heavy atom. The molecule has 0 bridgehead atoms. The van der Waals surface area contributed by atoms with E-state index in [1.54, 1.807) is 6.92 Å². The maximum atomic E-state index is 12.4. The van der Waals surface area contributed by atoms with E-state index in [2.05, 4.69) is 0 Å². The van der Waals surface area contributed by atoms with Crippen molar-refractivity contribution in [2.24, 2.45) is 17.8 Å². The molecule has 0 aliphatic heterocycles. The van der Waals surface area contributed by atoms with Crippen LogP contribution < -0.4 is 0 Å². The number of carbonyl (C=O) groups is 3. The quantitative estimate of drug-likeness (QED) is 0.534. The molecular weight excluding hydrogens is 288 g/mol. The van der Waals surface area contributed by atoms with Gasteiger partial charge in [0.25, 0.3) is 0 Å². The molecule has 0 spiro atoms. The van der Waals surface area contributed by atoms with E-state index in [4.69, 9.17) is 0 Å².